The zero-order valence-corrected chi connectivity index (χ0v) is 11.0. The van der Waals surface area contributed by atoms with Gasteiger partial charge < -0.3 is 4.74 Å². The molecule has 20 heavy (non-hydrogen) atoms. The number of hydrogen-bond acceptors (Lipinski definition) is 3. The van der Waals surface area contributed by atoms with Gasteiger partial charge in [-0.15, -0.1) is 0 Å². The third-order valence-corrected chi connectivity index (χ3v) is 3.05. The molecule has 0 aliphatic carbocycles. The van der Waals surface area contributed by atoms with Crippen molar-refractivity contribution in [2.75, 3.05) is 0 Å². The van der Waals surface area contributed by atoms with E-state index in [1.807, 2.05) is 55.5 Å². The maximum atomic E-state index is 11.2. The van der Waals surface area contributed by atoms with Crippen molar-refractivity contribution in [1.82, 2.24) is 4.98 Å². The number of fused-ring (bicyclic) bond motifs is 1. The number of pyridine rings is 1. The third-order valence-electron chi connectivity index (χ3n) is 3.05. The fourth-order valence-electron chi connectivity index (χ4n) is 2.07. The lowest BCUT2D eigenvalue weighted by atomic mass is 10.1. The van der Waals surface area contributed by atoms with E-state index in [9.17, 15) is 4.79 Å². The first-order valence-electron chi connectivity index (χ1n) is 6.36. The summed E-state index contributed by atoms with van der Waals surface area (Å²) in [5.74, 6) is 1.01. The molecule has 0 bridgehead atoms. The van der Waals surface area contributed by atoms with E-state index in [1.54, 1.807) is 6.07 Å². The predicted molar refractivity (Wildman–Crippen MR) is 78.4 cm³/mol. The van der Waals surface area contributed by atoms with Crippen LogP contribution in [0.4, 0.5) is 0 Å². The maximum absolute atomic E-state index is 11.2. The minimum absolute atomic E-state index is 0.337. The van der Waals surface area contributed by atoms with Gasteiger partial charge >= 0.3 is 0 Å². The van der Waals surface area contributed by atoms with Gasteiger partial charge in [0.1, 0.15) is 5.75 Å². The Labute approximate surface area is 116 Å². The smallest absolute Gasteiger partial charge is 0.230 e. The lowest BCUT2D eigenvalue weighted by Crippen LogP contribution is -1.95. The normalized spacial score (nSPS) is 10.4. The molecule has 0 atom stereocenters. The number of aromatic nitrogens is 1. The highest BCUT2D eigenvalue weighted by Gasteiger charge is 2.08. The van der Waals surface area contributed by atoms with Gasteiger partial charge in [-0.2, -0.15) is 0 Å². The zero-order valence-electron chi connectivity index (χ0n) is 11.0. The van der Waals surface area contributed by atoms with E-state index >= 15 is 0 Å². The molecular formula is C17H13NO2. The van der Waals surface area contributed by atoms with E-state index in [1.165, 1.54) is 0 Å². The van der Waals surface area contributed by atoms with E-state index in [4.69, 9.17) is 4.74 Å². The van der Waals surface area contributed by atoms with Gasteiger partial charge in [-0.1, -0.05) is 30.3 Å². The number of aryl methyl sites for hydroxylation is 1. The van der Waals surface area contributed by atoms with Crippen LogP contribution in [0.25, 0.3) is 10.9 Å². The molecular weight excluding hydrogens is 250 g/mol. The number of rotatable bonds is 3. The number of hydrogen-bond donors (Lipinski definition) is 0. The second-order valence-electron chi connectivity index (χ2n) is 4.61. The minimum Gasteiger partial charge on any atom is -0.438 e. The quantitative estimate of drug-likeness (QED) is 0.666. The fourth-order valence-corrected chi connectivity index (χ4v) is 2.07. The molecule has 0 saturated heterocycles. The van der Waals surface area contributed by atoms with Crippen LogP contribution < -0.4 is 4.74 Å². The van der Waals surface area contributed by atoms with Crippen LogP contribution in [-0.4, -0.2) is 11.3 Å². The summed E-state index contributed by atoms with van der Waals surface area (Å²) in [5, 5.41) is 0.922. The Hall–Kier alpha value is -2.68. The molecule has 1 aromatic heterocycles. The van der Waals surface area contributed by atoms with Gasteiger partial charge in [0.2, 0.25) is 5.88 Å². The first-order valence-corrected chi connectivity index (χ1v) is 6.36. The van der Waals surface area contributed by atoms with Gasteiger partial charge in [-0.05, 0) is 36.8 Å². The Kier molecular flexibility index (Phi) is 3.17. The number of ether oxygens (including phenoxy) is 1. The van der Waals surface area contributed by atoms with E-state index in [0.29, 0.717) is 17.2 Å². The average Bonchev–Trinajstić information content (AvgIpc) is 2.46. The Bertz CT molecular complexity index is 781. The molecule has 0 radical (unpaired) electrons. The fraction of sp³-hybridized carbons (Fsp3) is 0.0588. The van der Waals surface area contributed by atoms with Crippen molar-refractivity contribution < 1.29 is 9.53 Å². The van der Waals surface area contributed by atoms with Crippen LogP contribution in [0, 0.1) is 6.92 Å². The van der Waals surface area contributed by atoms with Crippen LogP contribution in [0.5, 0.6) is 11.6 Å². The van der Waals surface area contributed by atoms with E-state index in [0.717, 1.165) is 22.8 Å². The lowest BCUT2D eigenvalue weighted by molar-refractivity contribution is 0.112. The monoisotopic (exact) mass is 263 g/mol. The standard InChI is InChI=1S/C17H13NO2/c1-12-5-4-7-15(9-12)20-17-14(11-19)10-13-6-2-3-8-16(13)18-17/h2-11H,1H3. The molecule has 0 N–H and O–H groups in total. The van der Waals surface area contributed by atoms with Gasteiger partial charge in [0.15, 0.2) is 6.29 Å². The SMILES string of the molecule is Cc1cccc(Oc2nc3ccccc3cc2C=O)c1. The predicted octanol–water partition coefficient (Wildman–Crippen LogP) is 4.15. The number of para-hydroxylation sites is 1. The van der Waals surface area contributed by atoms with Crippen molar-refractivity contribution in [2.45, 2.75) is 6.92 Å². The van der Waals surface area contributed by atoms with Gasteiger partial charge in [-0.3, -0.25) is 4.79 Å². The number of carbonyl (C=O) groups is 1. The van der Waals surface area contributed by atoms with E-state index in [-0.39, 0.29) is 0 Å². The highest BCUT2D eigenvalue weighted by atomic mass is 16.5. The molecule has 0 spiro atoms. The van der Waals surface area contributed by atoms with Crippen molar-refractivity contribution >= 4 is 17.2 Å². The van der Waals surface area contributed by atoms with Gasteiger partial charge in [0, 0.05) is 5.39 Å². The Morgan fingerprint density at radius 1 is 1.05 bits per heavy atom. The second kappa shape index (κ2) is 5.13. The van der Waals surface area contributed by atoms with Crippen LogP contribution in [0.1, 0.15) is 15.9 Å². The summed E-state index contributed by atoms with van der Waals surface area (Å²) in [4.78, 5) is 15.6. The molecule has 0 unspecified atom stereocenters. The van der Waals surface area contributed by atoms with Crippen LogP contribution in [0.3, 0.4) is 0 Å². The molecule has 0 aliphatic rings. The topological polar surface area (TPSA) is 39.2 Å². The Balaban J connectivity index is 2.07. The highest BCUT2D eigenvalue weighted by molar-refractivity contribution is 5.88. The van der Waals surface area contributed by atoms with Crippen LogP contribution in [-0.2, 0) is 0 Å². The largest absolute Gasteiger partial charge is 0.438 e. The van der Waals surface area contributed by atoms with Crippen molar-refractivity contribution in [3.8, 4) is 11.6 Å². The summed E-state index contributed by atoms with van der Waals surface area (Å²) in [5.41, 5.74) is 2.35. The molecule has 3 nitrogen and oxygen atoms in total. The summed E-state index contributed by atoms with van der Waals surface area (Å²) in [6.45, 7) is 1.99. The third kappa shape index (κ3) is 2.38. The summed E-state index contributed by atoms with van der Waals surface area (Å²) in [7, 11) is 0. The number of carbonyl (C=O) groups excluding carboxylic acids is 1. The van der Waals surface area contributed by atoms with Crippen molar-refractivity contribution in [3.05, 3.63) is 65.7 Å². The first kappa shape index (κ1) is 12.4. The van der Waals surface area contributed by atoms with Crippen molar-refractivity contribution in [3.63, 3.8) is 0 Å². The summed E-state index contributed by atoms with van der Waals surface area (Å²) >= 11 is 0. The molecule has 3 heteroatoms. The Morgan fingerprint density at radius 3 is 2.70 bits per heavy atom. The van der Waals surface area contributed by atoms with Crippen molar-refractivity contribution in [2.24, 2.45) is 0 Å². The number of benzene rings is 2. The van der Waals surface area contributed by atoms with Gasteiger partial charge in [0.25, 0.3) is 0 Å². The van der Waals surface area contributed by atoms with Gasteiger partial charge in [0.05, 0.1) is 11.1 Å². The van der Waals surface area contributed by atoms with Crippen LogP contribution >= 0.6 is 0 Å². The van der Waals surface area contributed by atoms with Crippen LogP contribution in [0.2, 0.25) is 0 Å². The molecule has 3 aromatic rings. The highest BCUT2D eigenvalue weighted by Crippen LogP contribution is 2.26. The molecule has 0 fully saturated rings. The molecule has 3 rings (SSSR count). The minimum atomic E-state index is 0.337. The maximum Gasteiger partial charge on any atom is 0.230 e. The van der Waals surface area contributed by atoms with Gasteiger partial charge in [-0.25, -0.2) is 4.98 Å². The number of nitrogens with zero attached hydrogens (tertiary/aromatic N) is 1. The molecule has 1 heterocycles. The molecule has 0 saturated carbocycles. The summed E-state index contributed by atoms with van der Waals surface area (Å²) in [6.07, 6.45) is 0.768. The first-order chi connectivity index (χ1) is 9.76. The molecule has 2 aromatic carbocycles. The second-order valence-corrected chi connectivity index (χ2v) is 4.61. The van der Waals surface area contributed by atoms with E-state index < -0.39 is 0 Å². The number of aldehydes is 1. The van der Waals surface area contributed by atoms with E-state index in [2.05, 4.69) is 4.98 Å². The zero-order chi connectivity index (χ0) is 13.9. The molecule has 0 amide bonds. The summed E-state index contributed by atoms with van der Waals surface area (Å²) in [6, 6.07) is 17.1. The molecule has 0 aliphatic heterocycles. The molecule has 98 valence electrons. The lowest BCUT2D eigenvalue weighted by Gasteiger charge is -2.09. The summed E-state index contributed by atoms with van der Waals surface area (Å²) < 4.78 is 5.75. The average molecular weight is 263 g/mol. The van der Waals surface area contributed by atoms with Crippen LogP contribution in [0.15, 0.2) is 54.6 Å². The Morgan fingerprint density at radius 2 is 1.90 bits per heavy atom. The van der Waals surface area contributed by atoms with Crippen molar-refractivity contribution in [1.29, 1.82) is 0 Å².